The molecule has 4 heteroatoms. The van der Waals surface area contributed by atoms with Gasteiger partial charge in [-0.3, -0.25) is 0 Å². The van der Waals surface area contributed by atoms with Gasteiger partial charge in [0.15, 0.2) is 0 Å². The highest BCUT2D eigenvalue weighted by atomic mass is 32.1. The maximum Gasteiger partial charge on any atom is 0.141 e. The van der Waals surface area contributed by atoms with E-state index < -0.39 is 0 Å². The highest BCUT2D eigenvalue weighted by Gasteiger charge is 2.26. The zero-order valence-corrected chi connectivity index (χ0v) is 12.2. The van der Waals surface area contributed by atoms with Gasteiger partial charge in [0, 0.05) is 18.0 Å². The van der Waals surface area contributed by atoms with Crippen molar-refractivity contribution in [1.29, 1.82) is 0 Å². The molecular weight excluding hydrogens is 254 g/mol. The second-order valence-electron chi connectivity index (χ2n) is 5.78. The second-order valence-corrected chi connectivity index (χ2v) is 6.87. The first kappa shape index (κ1) is 11.6. The van der Waals surface area contributed by atoms with Crippen LogP contribution in [0.25, 0.3) is 10.2 Å². The number of aromatic nitrogens is 2. The highest BCUT2D eigenvalue weighted by Crippen LogP contribution is 2.41. The summed E-state index contributed by atoms with van der Waals surface area (Å²) >= 11 is 1.88. The summed E-state index contributed by atoms with van der Waals surface area (Å²) in [5.74, 6) is 1.18. The molecule has 0 spiro atoms. The van der Waals surface area contributed by atoms with Crippen molar-refractivity contribution in [3.05, 3.63) is 16.8 Å². The Hall–Kier alpha value is -1.16. The molecule has 2 aromatic heterocycles. The van der Waals surface area contributed by atoms with Gasteiger partial charge in [0.25, 0.3) is 0 Å². The molecule has 0 aliphatic heterocycles. The average Bonchev–Trinajstić information content (AvgIpc) is 3.13. The van der Waals surface area contributed by atoms with Crippen molar-refractivity contribution in [2.75, 3.05) is 11.9 Å². The molecule has 0 N–H and O–H groups in total. The Morgan fingerprint density at radius 3 is 2.84 bits per heavy atom. The van der Waals surface area contributed by atoms with Gasteiger partial charge >= 0.3 is 0 Å². The Balaban J connectivity index is 1.84. The average molecular weight is 273 g/mol. The van der Waals surface area contributed by atoms with Gasteiger partial charge in [0.2, 0.25) is 0 Å². The fraction of sp³-hybridized carbons (Fsp3) is 0.600. The lowest BCUT2D eigenvalue weighted by Gasteiger charge is -2.26. The fourth-order valence-electron chi connectivity index (χ4n) is 3.64. The van der Waals surface area contributed by atoms with Gasteiger partial charge in [-0.2, -0.15) is 0 Å². The molecule has 0 unspecified atom stereocenters. The van der Waals surface area contributed by atoms with E-state index in [0.29, 0.717) is 6.04 Å². The van der Waals surface area contributed by atoms with E-state index in [0.717, 1.165) is 0 Å². The molecule has 19 heavy (non-hydrogen) atoms. The number of nitrogens with zero attached hydrogens (tertiary/aromatic N) is 3. The quantitative estimate of drug-likeness (QED) is 0.837. The number of thiophene rings is 1. The molecule has 4 rings (SSSR count). The lowest BCUT2D eigenvalue weighted by Crippen LogP contribution is -2.29. The molecule has 2 aromatic rings. The second kappa shape index (κ2) is 4.44. The first-order valence-electron chi connectivity index (χ1n) is 7.32. The molecule has 1 fully saturated rings. The third-order valence-corrected chi connectivity index (χ3v) is 5.89. The lowest BCUT2D eigenvalue weighted by atomic mass is 10.1. The smallest absolute Gasteiger partial charge is 0.141 e. The summed E-state index contributed by atoms with van der Waals surface area (Å²) in [6.07, 6.45) is 10.9. The SMILES string of the molecule is CN(c1ncnc2sc3c(c12)CCC3)C1CCCC1. The van der Waals surface area contributed by atoms with E-state index in [1.165, 1.54) is 61.0 Å². The Kier molecular flexibility index (Phi) is 2.72. The maximum atomic E-state index is 4.62. The fourth-order valence-corrected chi connectivity index (χ4v) is 4.87. The molecule has 100 valence electrons. The molecule has 0 bridgehead atoms. The van der Waals surface area contributed by atoms with E-state index in [4.69, 9.17) is 0 Å². The van der Waals surface area contributed by atoms with Crippen molar-refractivity contribution >= 4 is 27.4 Å². The minimum Gasteiger partial charge on any atom is -0.356 e. The minimum absolute atomic E-state index is 0.676. The maximum absolute atomic E-state index is 4.62. The van der Waals surface area contributed by atoms with E-state index in [1.54, 1.807) is 16.8 Å². The Labute approximate surface area is 117 Å². The summed E-state index contributed by atoms with van der Waals surface area (Å²) in [7, 11) is 2.22. The van der Waals surface area contributed by atoms with E-state index in [2.05, 4.69) is 21.9 Å². The molecule has 2 heterocycles. The Bertz CT molecular complexity index is 613. The molecular formula is C15H19N3S. The molecule has 3 nitrogen and oxygen atoms in total. The number of aryl methyl sites for hydroxylation is 2. The van der Waals surface area contributed by atoms with Crippen LogP contribution in [-0.4, -0.2) is 23.1 Å². The molecule has 0 amide bonds. The summed E-state index contributed by atoms with van der Waals surface area (Å²) < 4.78 is 0. The van der Waals surface area contributed by atoms with E-state index in [-0.39, 0.29) is 0 Å². The summed E-state index contributed by atoms with van der Waals surface area (Å²) in [6, 6.07) is 0.676. The summed E-state index contributed by atoms with van der Waals surface area (Å²) in [6.45, 7) is 0. The van der Waals surface area contributed by atoms with Crippen molar-refractivity contribution < 1.29 is 0 Å². The number of fused-ring (bicyclic) bond motifs is 3. The highest BCUT2D eigenvalue weighted by molar-refractivity contribution is 7.19. The van der Waals surface area contributed by atoms with Crippen LogP contribution >= 0.6 is 11.3 Å². The zero-order chi connectivity index (χ0) is 12.8. The number of anilines is 1. The molecule has 2 aliphatic rings. The third kappa shape index (κ3) is 1.76. The topological polar surface area (TPSA) is 29.0 Å². The standard InChI is InChI=1S/C15H19N3S/c1-18(10-5-2-3-6-10)14-13-11-7-4-8-12(11)19-15(13)17-9-16-14/h9-10H,2-8H2,1H3. The van der Waals surface area contributed by atoms with Gasteiger partial charge in [0.1, 0.15) is 17.0 Å². The number of rotatable bonds is 2. The van der Waals surface area contributed by atoms with Crippen molar-refractivity contribution in [3.8, 4) is 0 Å². The molecule has 0 atom stereocenters. The van der Waals surface area contributed by atoms with Gasteiger partial charge in [-0.25, -0.2) is 9.97 Å². The van der Waals surface area contributed by atoms with Crippen LogP contribution in [0.1, 0.15) is 42.5 Å². The molecule has 0 aromatic carbocycles. The van der Waals surface area contributed by atoms with E-state index in [9.17, 15) is 0 Å². The number of hydrogen-bond donors (Lipinski definition) is 0. The third-order valence-electron chi connectivity index (χ3n) is 4.69. The van der Waals surface area contributed by atoms with Gasteiger partial charge in [-0.15, -0.1) is 11.3 Å². The van der Waals surface area contributed by atoms with Crippen LogP contribution < -0.4 is 4.90 Å². The summed E-state index contributed by atoms with van der Waals surface area (Å²) in [5, 5.41) is 1.36. The van der Waals surface area contributed by atoms with Crippen LogP contribution in [0.2, 0.25) is 0 Å². The van der Waals surface area contributed by atoms with Crippen LogP contribution in [0.4, 0.5) is 5.82 Å². The molecule has 2 aliphatic carbocycles. The van der Waals surface area contributed by atoms with E-state index in [1.807, 2.05) is 11.3 Å². The molecule has 1 saturated carbocycles. The molecule has 0 radical (unpaired) electrons. The number of hydrogen-bond acceptors (Lipinski definition) is 4. The largest absolute Gasteiger partial charge is 0.356 e. The van der Waals surface area contributed by atoms with Gasteiger partial charge in [-0.05, 0) is 37.7 Å². The predicted molar refractivity (Wildman–Crippen MR) is 80.1 cm³/mol. The molecule has 0 saturated heterocycles. The van der Waals surface area contributed by atoms with Gasteiger partial charge in [-0.1, -0.05) is 12.8 Å². The van der Waals surface area contributed by atoms with Crippen molar-refractivity contribution in [2.45, 2.75) is 51.0 Å². The first-order chi connectivity index (χ1) is 9.34. The van der Waals surface area contributed by atoms with Crippen LogP contribution in [0.15, 0.2) is 6.33 Å². The van der Waals surface area contributed by atoms with Gasteiger partial charge < -0.3 is 4.90 Å². The van der Waals surface area contributed by atoms with Crippen LogP contribution in [0, 0.1) is 0 Å². The predicted octanol–water partition coefficient (Wildman–Crippen LogP) is 3.56. The van der Waals surface area contributed by atoms with Crippen molar-refractivity contribution in [2.24, 2.45) is 0 Å². The minimum atomic E-state index is 0.676. The van der Waals surface area contributed by atoms with Crippen molar-refractivity contribution in [3.63, 3.8) is 0 Å². The van der Waals surface area contributed by atoms with E-state index >= 15 is 0 Å². The summed E-state index contributed by atoms with van der Waals surface area (Å²) in [4.78, 5) is 14.3. The van der Waals surface area contributed by atoms with Crippen LogP contribution in [0.3, 0.4) is 0 Å². The van der Waals surface area contributed by atoms with Gasteiger partial charge in [0.05, 0.1) is 5.39 Å². The lowest BCUT2D eigenvalue weighted by molar-refractivity contribution is 0.648. The Morgan fingerprint density at radius 2 is 2.00 bits per heavy atom. The monoisotopic (exact) mass is 273 g/mol. The first-order valence-corrected chi connectivity index (χ1v) is 8.14. The van der Waals surface area contributed by atoms with Crippen molar-refractivity contribution in [1.82, 2.24) is 9.97 Å². The normalized spacial score (nSPS) is 19.2. The van der Waals surface area contributed by atoms with Crippen LogP contribution in [0.5, 0.6) is 0 Å². The van der Waals surface area contributed by atoms with Crippen LogP contribution in [-0.2, 0) is 12.8 Å². The zero-order valence-electron chi connectivity index (χ0n) is 11.4. The Morgan fingerprint density at radius 1 is 1.16 bits per heavy atom. The summed E-state index contributed by atoms with van der Waals surface area (Å²) in [5.41, 5.74) is 1.54.